The molecular formula is C20H22F2N2O2. The maximum absolute atomic E-state index is 13.2. The molecule has 0 aromatic heterocycles. The van der Waals surface area contributed by atoms with Gasteiger partial charge >= 0.3 is 0 Å². The quantitative estimate of drug-likeness (QED) is 0.851. The van der Waals surface area contributed by atoms with E-state index in [2.05, 4.69) is 17.6 Å². The van der Waals surface area contributed by atoms with Crippen LogP contribution in [-0.4, -0.2) is 25.5 Å². The number of carbonyl (C=O) groups excluding carboxylic acids is 1. The molecule has 2 aromatic rings. The van der Waals surface area contributed by atoms with Gasteiger partial charge in [0.25, 0.3) is 5.91 Å². The van der Waals surface area contributed by atoms with Crippen LogP contribution in [0.25, 0.3) is 0 Å². The van der Waals surface area contributed by atoms with E-state index in [0.29, 0.717) is 17.9 Å². The molecule has 0 unspecified atom stereocenters. The maximum atomic E-state index is 13.2. The predicted molar refractivity (Wildman–Crippen MR) is 95.4 cm³/mol. The van der Waals surface area contributed by atoms with Crippen LogP contribution < -0.4 is 15.4 Å². The first kappa shape index (κ1) is 18.3. The Labute approximate surface area is 151 Å². The van der Waals surface area contributed by atoms with Crippen LogP contribution in [0.2, 0.25) is 0 Å². The largest absolute Gasteiger partial charge is 0.457 e. The lowest BCUT2D eigenvalue weighted by molar-refractivity contribution is 0.0922. The molecule has 0 atom stereocenters. The second kappa shape index (κ2) is 7.83. The van der Waals surface area contributed by atoms with E-state index in [0.717, 1.165) is 38.1 Å². The van der Waals surface area contributed by atoms with Crippen molar-refractivity contribution in [2.75, 3.05) is 19.6 Å². The second-order valence-electron chi connectivity index (χ2n) is 6.95. The van der Waals surface area contributed by atoms with E-state index >= 15 is 0 Å². The van der Waals surface area contributed by atoms with Crippen molar-refractivity contribution in [1.29, 1.82) is 0 Å². The van der Waals surface area contributed by atoms with Gasteiger partial charge in [-0.3, -0.25) is 4.79 Å². The number of hydrogen-bond donors (Lipinski definition) is 2. The van der Waals surface area contributed by atoms with Crippen molar-refractivity contribution in [1.82, 2.24) is 10.6 Å². The van der Waals surface area contributed by atoms with E-state index in [-0.39, 0.29) is 17.1 Å². The van der Waals surface area contributed by atoms with E-state index in [4.69, 9.17) is 4.74 Å². The first-order chi connectivity index (χ1) is 12.5. The average molecular weight is 360 g/mol. The van der Waals surface area contributed by atoms with Crippen molar-refractivity contribution in [2.24, 2.45) is 5.41 Å². The Hall–Kier alpha value is -2.47. The van der Waals surface area contributed by atoms with Crippen LogP contribution in [0, 0.1) is 17.0 Å². The molecule has 6 heteroatoms. The maximum Gasteiger partial charge on any atom is 0.251 e. The van der Waals surface area contributed by atoms with Gasteiger partial charge in [-0.2, -0.15) is 0 Å². The Kier molecular flexibility index (Phi) is 5.52. The van der Waals surface area contributed by atoms with Gasteiger partial charge in [-0.1, -0.05) is 6.92 Å². The molecule has 1 aliphatic heterocycles. The lowest BCUT2D eigenvalue weighted by Gasteiger charge is -2.34. The highest BCUT2D eigenvalue weighted by Crippen LogP contribution is 2.27. The number of rotatable bonds is 5. The number of ether oxygens (including phenoxy) is 1. The van der Waals surface area contributed by atoms with E-state index in [1.165, 1.54) is 6.07 Å². The van der Waals surface area contributed by atoms with Crippen molar-refractivity contribution in [3.63, 3.8) is 0 Å². The summed E-state index contributed by atoms with van der Waals surface area (Å²) in [5.41, 5.74) is 0.650. The molecule has 1 aliphatic rings. The monoisotopic (exact) mass is 360 g/mol. The Morgan fingerprint density at radius 3 is 2.38 bits per heavy atom. The van der Waals surface area contributed by atoms with Crippen molar-refractivity contribution in [3.05, 3.63) is 59.7 Å². The fraction of sp³-hybridized carbons (Fsp3) is 0.350. The lowest BCUT2D eigenvalue weighted by Crippen LogP contribution is -2.42. The molecule has 1 saturated heterocycles. The van der Waals surface area contributed by atoms with Gasteiger partial charge in [0.05, 0.1) is 0 Å². The molecule has 4 nitrogen and oxygen atoms in total. The summed E-state index contributed by atoms with van der Waals surface area (Å²) in [6.07, 6.45) is 2.07. The molecule has 1 amide bonds. The minimum atomic E-state index is -0.968. The van der Waals surface area contributed by atoms with Crippen molar-refractivity contribution in [3.8, 4) is 11.5 Å². The number of amides is 1. The fourth-order valence-corrected chi connectivity index (χ4v) is 2.95. The Balaban J connectivity index is 1.58. The van der Waals surface area contributed by atoms with Gasteiger partial charge in [0.15, 0.2) is 11.6 Å². The molecule has 0 aliphatic carbocycles. The zero-order valence-corrected chi connectivity index (χ0v) is 14.6. The molecule has 26 heavy (non-hydrogen) atoms. The number of carbonyl (C=O) groups is 1. The van der Waals surface area contributed by atoms with Gasteiger partial charge in [-0.25, -0.2) is 8.78 Å². The average Bonchev–Trinajstić information content (AvgIpc) is 2.64. The van der Waals surface area contributed by atoms with Crippen molar-refractivity contribution < 1.29 is 18.3 Å². The molecule has 138 valence electrons. The van der Waals surface area contributed by atoms with E-state index in [9.17, 15) is 13.6 Å². The van der Waals surface area contributed by atoms with E-state index in [1.54, 1.807) is 24.3 Å². The van der Waals surface area contributed by atoms with Crippen LogP contribution in [0.3, 0.4) is 0 Å². The normalized spacial score (nSPS) is 16.1. The van der Waals surface area contributed by atoms with Crippen LogP contribution in [0.5, 0.6) is 11.5 Å². The van der Waals surface area contributed by atoms with Gasteiger partial charge in [-0.15, -0.1) is 0 Å². The standard InChI is InChI=1S/C20H22F2N2O2/c1-20(8-10-23-11-9-20)13-24-19(25)14-2-4-15(5-3-14)26-16-6-7-17(21)18(22)12-16/h2-7,12,23H,8-11,13H2,1H3,(H,24,25). The summed E-state index contributed by atoms with van der Waals surface area (Å²) < 4.78 is 31.6. The number of hydrogen-bond acceptors (Lipinski definition) is 3. The number of nitrogens with one attached hydrogen (secondary N) is 2. The molecular weight excluding hydrogens is 338 g/mol. The van der Waals surface area contributed by atoms with Gasteiger partial charge in [0, 0.05) is 18.2 Å². The molecule has 2 aromatic carbocycles. The third kappa shape index (κ3) is 4.58. The summed E-state index contributed by atoms with van der Waals surface area (Å²) in [6, 6.07) is 9.89. The zero-order chi connectivity index (χ0) is 18.6. The molecule has 1 heterocycles. The molecule has 0 saturated carbocycles. The van der Waals surface area contributed by atoms with Gasteiger partial charge in [-0.05, 0) is 67.7 Å². The third-order valence-electron chi connectivity index (χ3n) is 4.73. The van der Waals surface area contributed by atoms with E-state index in [1.807, 2.05) is 0 Å². The van der Waals surface area contributed by atoms with Gasteiger partial charge in [0.1, 0.15) is 11.5 Å². The highest BCUT2D eigenvalue weighted by Gasteiger charge is 2.27. The topological polar surface area (TPSA) is 50.4 Å². The summed E-state index contributed by atoms with van der Waals surface area (Å²) in [5.74, 6) is -1.39. The Bertz CT molecular complexity index is 772. The molecule has 2 N–H and O–H groups in total. The lowest BCUT2D eigenvalue weighted by atomic mass is 9.81. The molecule has 0 radical (unpaired) electrons. The zero-order valence-electron chi connectivity index (χ0n) is 14.6. The summed E-state index contributed by atoms with van der Waals surface area (Å²) >= 11 is 0. The summed E-state index contributed by atoms with van der Waals surface area (Å²) in [6.45, 7) is 4.78. The molecule has 0 spiro atoms. The SMILES string of the molecule is CC1(CNC(=O)c2ccc(Oc3ccc(F)c(F)c3)cc2)CCNCC1. The number of halogens is 2. The molecule has 1 fully saturated rings. The highest BCUT2D eigenvalue weighted by atomic mass is 19.2. The predicted octanol–water partition coefficient (Wildman–Crippen LogP) is 3.88. The summed E-state index contributed by atoms with van der Waals surface area (Å²) in [7, 11) is 0. The highest BCUT2D eigenvalue weighted by molar-refractivity contribution is 5.94. The third-order valence-corrected chi connectivity index (χ3v) is 4.73. The fourth-order valence-electron chi connectivity index (χ4n) is 2.95. The van der Waals surface area contributed by atoms with Gasteiger partial charge in [0.2, 0.25) is 0 Å². The number of benzene rings is 2. The van der Waals surface area contributed by atoms with E-state index < -0.39 is 11.6 Å². The second-order valence-corrected chi connectivity index (χ2v) is 6.95. The molecule has 0 bridgehead atoms. The summed E-state index contributed by atoms with van der Waals surface area (Å²) in [5, 5.41) is 6.31. The van der Waals surface area contributed by atoms with Crippen molar-refractivity contribution >= 4 is 5.91 Å². The van der Waals surface area contributed by atoms with Crippen LogP contribution in [0.1, 0.15) is 30.1 Å². The van der Waals surface area contributed by atoms with Gasteiger partial charge < -0.3 is 15.4 Å². The first-order valence-electron chi connectivity index (χ1n) is 8.67. The first-order valence-corrected chi connectivity index (χ1v) is 8.67. The summed E-state index contributed by atoms with van der Waals surface area (Å²) in [4.78, 5) is 12.3. The van der Waals surface area contributed by atoms with Crippen LogP contribution in [0.4, 0.5) is 8.78 Å². The minimum Gasteiger partial charge on any atom is -0.457 e. The Morgan fingerprint density at radius 1 is 1.08 bits per heavy atom. The van der Waals surface area contributed by atoms with Crippen LogP contribution in [-0.2, 0) is 0 Å². The Morgan fingerprint density at radius 2 is 1.73 bits per heavy atom. The smallest absolute Gasteiger partial charge is 0.251 e. The number of piperidine rings is 1. The molecule has 3 rings (SSSR count). The minimum absolute atomic E-state index is 0.122. The van der Waals surface area contributed by atoms with Crippen LogP contribution >= 0.6 is 0 Å². The van der Waals surface area contributed by atoms with Crippen LogP contribution in [0.15, 0.2) is 42.5 Å². The van der Waals surface area contributed by atoms with Crippen molar-refractivity contribution in [2.45, 2.75) is 19.8 Å².